The minimum atomic E-state index is -0.204. The summed E-state index contributed by atoms with van der Waals surface area (Å²) in [6, 6.07) is 8.81. The molecule has 202 valence electrons. The fraction of sp³-hybridized carbons (Fsp3) is 0.781. The lowest BCUT2D eigenvalue weighted by atomic mass is 9.81. The summed E-state index contributed by atoms with van der Waals surface area (Å²) >= 11 is 0. The maximum atomic E-state index is 10.3. The Morgan fingerprint density at radius 1 is 0.794 bits per heavy atom. The molecule has 0 aliphatic rings. The molecule has 0 aliphatic carbocycles. The Balaban J connectivity index is -0.000000395. The fourth-order valence-electron chi connectivity index (χ4n) is 2.43. The molecular weight excluding hydrogens is 414 g/mol. The first-order valence-corrected chi connectivity index (χ1v) is 13.2. The van der Waals surface area contributed by atoms with Gasteiger partial charge in [0.15, 0.2) is 0 Å². The number of hydrogen-bond acceptors (Lipinski definition) is 1. The molecule has 2 nitrogen and oxygen atoms in total. The van der Waals surface area contributed by atoms with Gasteiger partial charge >= 0.3 is 0 Å². The van der Waals surface area contributed by atoms with Crippen molar-refractivity contribution in [3.05, 3.63) is 35.4 Å². The zero-order valence-corrected chi connectivity index (χ0v) is 26.2. The van der Waals surface area contributed by atoms with Crippen LogP contribution in [0.4, 0.5) is 0 Å². The summed E-state index contributed by atoms with van der Waals surface area (Å²) in [5.74, 6) is 0.646. The van der Waals surface area contributed by atoms with Crippen molar-refractivity contribution in [2.75, 3.05) is 0 Å². The van der Waals surface area contributed by atoms with Gasteiger partial charge in [0.05, 0.1) is 0 Å². The van der Waals surface area contributed by atoms with Crippen molar-refractivity contribution in [1.29, 1.82) is 0 Å². The Labute approximate surface area is 215 Å². The maximum absolute atomic E-state index is 10.3. The zero-order chi connectivity index (χ0) is 28.0. The van der Waals surface area contributed by atoms with Crippen molar-refractivity contribution in [2.24, 2.45) is 33.3 Å². The van der Waals surface area contributed by atoms with Crippen LogP contribution in [0.15, 0.2) is 24.3 Å². The molecule has 0 saturated heterocycles. The second kappa shape index (κ2) is 16.4. The van der Waals surface area contributed by atoms with Gasteiger partial charge in [0, 0.05) is 6.42 Å². The van der Waals surface area contributed by atoms with E-state index in [1.165, 1.54) is 17.5 Å². The SMILES string of the molecule is CC(C)(C)C.CC(C)(C)CCC(N)=O.CCC(C)C(C)(C)C.Cc1ccc(CC(C)(C)C)cc1. The van der Waals surface area contributed by atoms with Gasteiger partial charge in [-0.15, -0.1) is 0 Å². The van der Waals surface area contributed by atoms with Crippen LogP contribution in [0.3, 0.4) is 0 Å². The molecule has 34 heavy (non-hydrogen) atoms. The first-order valence-electron chi connectivity index (χ1n) is 13.2. The maximum Gasteiger partial charge on any atom is 0.217 e. The molecule has 1 aromatic carbocycles. The smallest absolute Gasteiger partial charge is 0.217 e. The predicted octanol–water partition coefficient (Wildman–Crippen LogP) is 10.0. The van der Waals surface area contributed by atoms with Crippen LogP contribution in [-0.2, 0) is 11.2 Å². The highest BCUT2D eigenvalue weighted by atomic mass is 16.1. The molecule has 1 amide bonds. The number of carbonyl (C=O) groups excluding carboxylic acids is 1. The summed E-state index contributed by atoms with van der Waals surface area (Å²) in [5.41, 5.74) is 9.38. The van der Waals surface area contributed by atoms with Crippen molar-refractivity contribution < 1.29 is 4.79 Å². The summed E-state index contributed by atoms with van der Waals surface area (Å²) in [6.07, 6.45) is 3.84. The van der Waals surface area contributed by atoms with Crippen LogP contribution in [0.1, 0.15) is 134 Å². The quantitative estimate of drug-likeness (QED) is 0.460. The highest BCUT2D eigenvalue weighted by molar-refractivity contribution is 5.73. The predicted molar refractivity (Wildman–Crippen MR) is 156 cm³/mol. The lowest BCUT2D eigenvalue weighted by molar-refractivity contribution is -0.118. The largest absolute Gasteiger partial charge is 0.370 e. The van der Waals surface area contributed by atoms with E-state index in [0.29, 0.717) is 22.7 Å². The van der Waals surface area contributed by atoms with E-state index in [2.05, 4.69) is 135 Å². The van der Waals surface area contributed by atoms with Crippen LogP contribution < -0.4 is 5.73 Å². The molecule has 1 rings (SSSR count). The number of nitrogens with two attached hydrogens (primary N) is 1. The summed E-state index contributed by atoms with van der Waals surface area (Å²) < 4.78 is 0. The number of carbonyl (C=O) groups is 1. The second-order valence-corrected chi connectivity index (χ2v) is 14.9. The molecule has 1 unspecified atom stereocenters. The molecular formula is C32H63NO. The number of hydrogen-bond donors (Lipinski definition) is 1. The number of aryl methyl sites for hydroxylation is 1. The van der Waals surface area contributed by atoms with Gasteiger partial charge in [-0.1, -0.05) is 140 Å². The third-order valence-electron chi connectivity index (χ3n) is 5.07. The van der Waals surface area contributed by atoms with Crippen LogP contribution in [0.5, 0.6) is 0 Å². The Morgan fingerprint density at radius 3 is 1.35 bits per heavy atom. The van der Waals surface area contributed by atoms with Gasteiger partial charge in [-0.3, -0.25) is 4.79 Å². The third-order valence-corrected chi connectivity index (χ3v) is 5.07. The first-order chi connectivity index (χ1) is 14.9. The van der Waals surface area contributed by atoms with Gasteiger partial charge in [-0.25, -0.2) is 0 Å². The standard InChI is InChI=1S/C12H18.C8H18.C7H15NO.C5H12/c1-10-5-7-11(8-6-10)9-12(2,3)4;1-6-7(2)8(3,4)5;1-7(2,3)5-4-6(8)9;1-5(2,3)4/h5-8H,9H2,1-4H3;7H,6H2,1-5H3;4-5H2,1-3H3,(H2,8,9);1-4H3. The van der Waals surface area contributed by atoms with Crippen LogP contribution in [0, 0.1) is 34.5 Å². The minimum Gasteiger partial charge on any atom is -0.370 e. The summed E-state index contributed by atoms with van der Waals surface area (Å²) in [4.78, 5) is 10.3. The second-order valence-electron chi connectivity index (χ2n) is 14.9. The van der Waals surface area contributed by atoms with Crippen LogP contribution in [-0.4, -0.2) is 5.91 Å². The molecule has 0 aromatic heterocycles. The van der Waals surface area contributed by atoms with E-state index in [1.807, 2.05) is 0 Å². The van der Waals surface area contributed by atoms with Gasteiger partial charge in [-0.2, -0.15) is 0 Å². The molecule has 2 N–H and O–H groups in total. The van der Waals surface area contributed by atoms with Crippen LogP contribution in [0.25, 0.3) is 0 Å². The highest BCUT2D eigenvalue weighted by Crippen LogP contribution is 2.27. The third kappa shape index (κ3) is 35.3. The van der Waals surface area contributed by atoms with Crippen molar-refractivity contribution in [3.63, 3.8) is 0 Å². The molecule has 1 atom stereocenters. The minimum absolute atomic E-state index is 0.204. The lowest BCUT2D eigenvalue weighted by Gasteiger charge is -2.25. The van der Waals surface area contributed by atoms with E-state index in [4.69, 9.17) is 5.73 Å². The van der Waals surface area contributed by atoms with E-state index in [1.54, 1.807) is 0 Å². The Kier molecular flexibility index (Phi) is 17.9. The van der Waals surface area contributed by atoms with Crippen molar-refractivity contribution in [3.8, 4) is 0 Å². The summed E-state index contributed by atoms with van der Waals surface area (Å²) in [5, 5.41) is 0. The Morgan fingerprint density at radius 2 is 1.18 bits per heavy atom. The molecule has 0 spiro atoms. The molecule has 2 heteroatoms. The lowest BCUT2D eigenvalue weighted by Crippen LogP contribution is -2.15. The molecule has 0 radical (unpaired) electrons. The molecule has 0 saturated carbocycles. The molecule has 0 fully saturated rings. The van der Waals surface area contributed by atoms with E-state index >= 15 is 0 Å². The average molecular weight is 478 g/mol. The fourth-order valence-corrected chi connectivity index (χ4v) is 2.43. The number of primary amides is 1. The number of benzene rings is 1. The summed E-state index contributed by atoms with van der Waals surface area (Å²) in [6.45, 7) is 35.4. The molecule has 1 aromatic rings. The van der Waals surface area contributed by atoms with Gasteiger partial charge in [0.1, 0.15) is 0 Å². The molecule has 0 heterocycles. The summed E-state index contributed by atoms with van der Waals surface area (Å²) in [7, 11) is 0. The van der Waals surface area contributed by atoms with E-state index in [-0.39, 0.29) is 11.3 Å². The van der Waals surface area contributed by atoms with Gasteiger partial charge < -0.3 is 5.73 Å². The Hall–Kier alpha value is -1.31. The van der Waals surface area contributed by atoms with Gasteiger partial charge in [-0.05, 0) is 52.9 Å². The molecule has 0 bridgehead atoms. The van der Waals surface area contributed by atoms with Crippen LogP contribution >= 0.6 is 0 Å². The topological polar surface area (TPSA) is 43.1 Å². The normalized spacial score (nSPS) is 12.7. The van der Waals surface area contributed by atoms with E-state index in [0.717, 1.165) is 18.8 Å². The zero-order valence-electron chi connectivity index (χ0n) is 26.2. The van der Waals surface area contributed by atoms with Gasteiger partial charge in [0.25, 0.3) is 0 Å². The number of rotatable bonds is 4. The monoisotopic (exact) mass is 477 g/mol. The molecule has 0 aliphatic heterocycles. The number of amides is 1. The van der Waals surface area contributed by atoms with Crippen molar-refractivity contribution in [2.45, 2.75) is 136 Å². The van der Waals surface area contributed by atoms with Gasteiger partial charge in [0.2, 0.25) is 5.91 Å². The van der Waals surface area contributed by atoms with Crippen molar-refractivity contribution in [1.82, 2.24) is 0 Å². The van der Waals surface area contributed by atoms with E-state index < -0.39 is 0 Å². The highest BCUT2D eigenvalue weighted by Gasteiger charge is 2.17. The average Bonchev–Trinajstić information content (AvgIpc) is 2.58. The first kappa shape index (κ1) is 37.2. The Bertz CT molecular complexity index is 622. The van der Waals surface area contributed by atoms with E-state index in [9.17, 15) is 4.79 Å². The van der Waals surface area contributed by atoms with Crippen molar-refractivity contribution >= 4 is 5.91 Å². The van der Waals surface area contributed by atoms with Crippen LogP contribution in [0.2, 0.25) is 0 Å².